The summed E-state index contributed by atoms with van der Waals surface area (Å²) in [5.74, 6) is 3.53. The van der Waals surface area contributed by atoms with Crippen molar-refractivity contribution in [1.29, 1.82) is 0 Å². The molecule has 0 spiro atoms. The van der Waals surface area contributed by atoms with Crippen molar-refractivity contribution in [1.82, 2.24) is 0 Å². The fourth-order valence-corrected chi connectivity index (χ4v) is 9.89. The lowest BCUT2D eigenvalue weighted by Crippen LogP contribution is -2.14. The monoisotopic (exact) mass is 762 g/mol. The summed E-state index contributed by atoms with van der Waals surface area (Å²) in [6.07, 6.45) is 4.40. The van der Waals surface area contributed by atoms with Crippen LogP contribution in [-0.4, -0.2) is 0 Å². The SMILES string of the molecule is C/C1=C\C=C(\c2cc(C(C)(C)C)c3ccc4c(-c5ccc6c7c(cccc57)-c5ccccc5O6)cc(C(C)(C)C)c5ccc2c3c45)c2cccc(c2)-c2ccccc2O1. The van der Waals surface area contributed by atoms with Gasteiger partial charge in [-0.05, 0) is 148 Å². The number of rotatable bonds is 2. The van der Waals surface area contributed by atoms with Gasteiger partial charge >= 0.3 is 0 Å². The van der Waals surface area contributed by atoms with Gasteiger partial charge in [-0.3, -0.25) is 0 Å². The molecule has 59 heavy (non-hydrogen) atoms. The van der Waals surface area contributed by atoms with E-state index in [-0.39, 0.29) is 10.8 Å². The van der Waals surface area contributed by atoms with Crippen LogP contribution in [0.25, 0.3) is 82.0 Å². The number of allylic oxidation sites excluding steroid dienone is 3. The lowest BCUT2D eigenvalue weighted by molar-refractivity contribution is 0.429. The molecule has 9 aromatic rings. The first kappa shape index (κ1) is 35.5. The minimum Gasteiger partial charge on any atom is -0.461 e. The maximum absolute atomic E-state index is 6.57. The van der Waals surface area contributed by atoms with E-state index in [1.807, 2.05) is 19.1 Å². The molecule has 0 saturated heterocycles. The van der Waals surface area contributed by atoms with Crippen LogP contribution in [0.5, 0.6) is 17.2 Å². The highest BCUT2D eigenvalue weighted by atomic mass is 16.5. The van der Waals surface area contributed by atoms with Crippen LogP contribution in [0, 0.1) is 0 Å². The van der Waals surface area contributed by atoms with E-state index < -0.39 is 0 Å². The fourth-order valence-electron chi connectivity index (χ4n) is 9.89. The zero-order valence-corrected chi connectivity index (χ0v) is 34.8. The summed E-state index contributed by atoms with van der Waals surface area (Å²) in [4.78, 5) is 0. The highest BCUT2D eigenvalue weighted by molar-refractivity contribution is 6.29. The summed E-state index contributed by atoms with van der Waals surface area (Å²) in [6.45, 7) is 16.2. The number of fused-ring (bicyclic) bond motifs is 6. The second-order valence-electron chi connectivity index (χ2n) is 18.5. The van der Waals surface area contributed by atoms with Gasteiger partial charge in [0.2, 0.25) is 0 Å². The van der Waals surface area contributed by atoms with E-state index >= 15 is 0 Å². The normalized spacial score (nSPS) is 15.6. The van der Waals surface area contributed by atoms with E-state index in [1.54, 1.807) is 0 Å². The molecule has 0 fully saturated rings. The van der Waals surface area contributed by atoms with E-state index in [0.717, 1.165) is 39.7 Å². The van der Waals surface area contributed by atoms with Crippen molar-refractivity contribution in [3.8, 4) is 50.6 Å². The highest BCUT2D eigenvalue weighted by Crippen LogP contribution is 2.52. The van der Waals surface area contributed by atoms with Gasteiger partial charge in [0, 0.05) is 16.5 Å². The number of para-hydroxylation sites is 2. The predicted octanol–water partition coefficient (Wildman–Crippen LogP) is 16.2. The molecule has 0 atom stereocenters. The Morgan fingerprint density at radius 3 is 1.63 bits per heavy atom. The number of ether oxygens (including phenoxy) is 2. The molecule has 0 radical (unpaired) electrons. The van der Waals surface area contributed by atoms with Gasteiger partial charge in [0.05, 0.1) is 0 Å². The quantitative estimate of drug-likeness (QED) is 0.163. The number of hydrogen-bond acceptors (Lipinski definition) is 2. The Labute approximate surface area is 346 Å². The molecule has 0 amide bonds. The molecule has 0 aromatic heterocycles. The Kier molecular flexibility index (Phi) is 7.63. The van der Waals surface area contributed by atoms with Crippen molar-refractivity contribution in [3.05, 3.63) is 180 Å². The average molecular weight is 763 g/mol. The van der Waals surface area contributed by atoms with Crippen LogP contribution in [0.4, 0.5) is 0 Å². The maximum Gasteiger partial charge on any atom is 0.135 e. The molecule has 2 aliphatic rings. The lowest BCUT2D eigenvalue weighted by Gasteiger charge is -2.29. The van der Waals surface area contributed by atoms with E-state index in [0.29, 0.717) is 0 Å². The van der Waals surface area contributed by atoms with Crippen LogP contribution in [0.2, 0.25) is 0 Å². The smallest absolute Gasteiger partial charge is 0.135 e. The minimum absolute atomic E-state index is 0.112. The molecule has 2 heteroatoms. The van der Waals surface area contributed by atoms with Gasteiger partial charge in [-0.2, -0.15) is 0 Å². The molecular formula is C57H46O2. The third kappa shape index (κ3) is 5.46. The first-order valence-electron chi connectivity index (χ1n) is 20.8. The third-order valence-electron chi connectivity index (χ3n) is 12.6. The summed E-state index contributed by atoms with van der Waals surface area (Å²) in [6, 6.07) is 51.4. The van der Waals surface area contributed by atoms with E-state index in [1.165, 1.54) is 87.6 Å². The molecule has 2 heterocycles. The van der Waals surface area contributed by atoms with Crippen LogP contribution < -0.4 is 9.47 Å². The molecule has 0 N–H and O–H groups in total. The molecule has 9 aromatic carbocycles. The van der Waals surface area contributed by atoms with Crippen LogP contribution >= 0.6 is 0 Å². The molecule has 0 unspecified atom stereocenters. The Balaban J connectivity index is 1.24. The molecule has 0 aliphatic carbocycles. The van der Waals surface area contributed by atoms with Crippen LogP contribution in [-0.2, 0) is 10.8 Å². The summed E-state index contributed by atoms with van der Waals surface area (Å²) < 4.78 is 13.1. The Morgan fingerprint density at radius 2 is 0.915 bits per heavy atom. The van der Waals surface area contributed by atoms with Crippen molar-refractivity contribution in [2.75, 3.05) is 0 Å². The first-order valence-corrected chi connectivity index (χ1v) is 20.8. The van der Waals surface area contributed by atoms with Crippen LogP contribution in [0.1, 0.15) is 70.7 Å². The molecule has 286 valence electrons. The van der Waals surface area contributed by atoms with Crippen molar-refractivity contribution in [2.45, 2.75) is 59.3 Å². The van der Waals surface area contributed by atoms with Crippen molar-refractivity contribution in [3.63, 3.8) is 0 Å². The number of hydrogen-bond donors (Lipinski definition) is 0. The lowest BCUT2D eigenvalue weighted by atomic mass is 9.75. The van der Waals surface area contributed by atoms with Crippen LogP contribution in [0.3, 0.4) is 0 Å². The summed E-state index contributed by atoms with van der Waals surface area (Å²) >= 11 is 0. The van der Waals surface area contributed by atoms with Crippen molar-refractivity contribution >= 4 is 48.7 Å². The Bertz CT molecular complexity index is 3290. The molecule has 0 saturated carbocycles. The molecular weight excluding hydrogens is 717 g/mol. The van der Waals surface area contributed by atoms with Gasteiger partial charge < -0.3 is 9.47 Å². The van der Waals surface area contributed by atoms with Gasteiger partial charge in [0.15, 0.2) is 0 Å². The third-order valence-corrected chi connectivity index (χ3v) is 12.6. The van der Waals surface area contributed by atoms with Gasteiger partial charge in [-0.15, -0.1) is 0 Å². The molecule has 2 aliphatic heterocycles. The Hall–Kier alpha value is -6.64. The fraction of sp³-hybridized carbons (Fsp3) is 0.158. The Morgan fingerprint density at radius 1 is 0.356 bits per heavy atom. The molecule has 2 bridgehead atoms. The second kappa shape index (κ2) is 12.7. The highest BCUT2D eigenvalue weighted by Gasteiger charge is 2.29. The van der Waals surface area contributed by atoms with Gasteiger partial charge in [0.25, 0.3) is 0 Å². The molecule has 11 rings (SSSR count). The van der Waals surface area contributed by atoms with E-state index in [2.05, 4.69) is 181 Å². The zero-order valence-electron chi connectivity index (χ0n) is 34.8. The maximum atomic E-state index is 6.57. The summed E-state index contributed by atoms with van der Waals surface area (Å²) in [5.41, 5.74) is 13.1. The second-order valence-corrected chi connectivity index (χ2v) is 18.5. The largest absolute Gasteiger partial charge is 0.461 e. The van der Waals surface area contributed by atoms with E-state index in [9.17, 15) is 0 Å². The van der Waals surface area contributed by atoms with Crippen LogP contribution in [0.15, 0.2) is 157 Å². The standard InChI is InChI=1S/C57H46O2/c1-33-22-23-36(34-14-12-15-35(30-34)37-16-8-10-20-50(37)58-33)46-31-48(56(2,3)4)44-27-25-43-47(32-49(57(5,6)7)45-26-24-42(46)54(44)55(43)45)38-28-29-52-53-40(38)18-13-19-41(53)39-17-9-11-21-51(39)59-52/h8-32H,1-7H3/b33-22+,36-23+. The number of benzene rings is 9. The van der Waals surface area contributed by atoms with E-state index in [4.69, 9.17) is 9.47 Å². The molecule has 2 nitrogen and oxygen atoms in total. The van der Waals surface area contributed by atoms with Gasteiger partial charge in [-0.25, -0.2) is 0 Å². The summed E-state index contributed by atoms with van der Waals surface area (Å²) in [5, 5.41) is 10.2. The van der Waals surface area contributed by atoms with Gasteiger partial charge in [0.1, 0.15) is 23.0 Å². The predicted molar refractivity (Wildman–Crippen MR) is 249 cm³/mol. The summed E-state index contributed by atoms with van der Waals surface area (Å²) in [7, 11) is 0. The zero-order chi connectivity index (χ0) is 40.4. The first-order chi connectivity index (χ1) is 28.4. The van der Waals surface area contributed by atoms with Crippen molar-refractivity contribution < 1.29 is 9.47 Å². The minimum atomic E-state index is -0.120. The topological polar surface area (TPSA) is 18.5 Å². The average Bonchev–Trinajstić information content (AvgIpc) is 3.22. The van der Waals surface area contributed by atoms with Crippen molar-refractivity contribution in [2.24, 2.45) is 0 Å². The van der Waals surface area contributed by atoms with Gasteiger partial charge in [-0.1, -0.05) is 151 Å².